The fourth-order valence-corrected chi connectivity index (χ4v) is 4.25. The van der Waals surface area contributed by atoms with Gasteiger partial charge in [0.05, 0.1) is 0 Å². The largest absolute Gasteiger partial charge is 0.317 e. The Bertz CT molecular complexity index is 239. The number of hydrogen-bond acceptors (Lipinski definition) is 2. The van der Waals surface area contributed by atoms with Crippen LogP contribution in [0.4, 0.5) is 0 Å². The first-order valence-corrected chi connectivity index (χ1v) is 7.79. The zero-order chi connectivity index (χ0) is 11.6. The summed E-state index contributed by atoms with van der Waals surface area (Å²) in [5, 5.41) is 3.51. The summed E-state index contributed by atoms with van der Waals surface area (Å²) in [5.41, 5.74) is 0.709. The van der Waals surface area contributed by atoms with E-state index in [1.165, 1.54) is 84.1 Å². The highest BCUT2D eigenvalue weighted by Gasteiger charge is 2.38. The van der Waals surface area contributed by atoms with Crippen molar-refractivity contribution in [1.29, 1.82) is 0 Å². The minimum absolute atomic E-state index is 0.709. The number of rotatable bonds is 3. The summed E-state index contributed by atoms with van der Waals surface area (Å²) < 4.78 is 0. The fraction of sp³-hybridized carbons (Fsp3) is 1.00. The normalized spacial score (nSPS) is 30.4. The smallest absolute Gasteiger partial charge is 0.00394 e. The van der Waals surface area contributed by atoms with Crippen LogP contribution in [0.1, 0.15) is 51.4 Å². The highest BCUT2D eigenvalue weighted by Crippen LogP contribution is 2.39. The van der Waals surface area contributed by atoms with E-state index in [0.29, 0.717) is 5.41 Å². The quantitative estimate of drug-likeness (QED) is 0.810. The summed E-state index contributed by atoms with van der Waals surface area (Å²) in [6.07, 6.45) is 11.8. The molecule has 3 aliphatic rings. The molecule has 0 atom stereocenters. The van der Waals surface area contributed by atoms with Crippen LogP contribution in [0.5, 0.6) is 0 Å². The van der Waals surface area contributed by atoms with Crippen molar-refractivity contribution in [3.05, 3.63) is 0 Å². The van der Waals surface area contributed by atoms with Crippen molar-refractivity contribution in [2.24, 2.45) is 11.3 Å². The molecule has 2 heteroatoms. The average Bonchev–Trinajstić information content (AvgIpc) is 2.98. The Morgan fingerprint density at radius 3 is 2.59 bits per heavy atom. The zero-order valence-electron chi connectivity index (χ0n) is 11.2. The third kappa shape index (κ3) is 2.85. The van der Waals surface area contributed by atoms with E-state index in [4.69, 9.17) is 0 Å². The van der Waals surface area contributed by atoms with Gasteiger partial charge in [0.15, 0.2) is 0 Å². The van der Waals surface area contributed by atoms with Gasteiger partial charge in [-0.1, -0.05) is 25.7 Å². The van der Waals surface area contributed by atoms with E-state index < -0.39 is 0 Å². The highest BCUT2D eigenvalue weighted by molar-refractivity contribution is 4.93. The molecule has 1 N–H and O–H groups in total. The Morgan fingerprint density at radius 2 is 1.82 bits per heavy atom. The molecule has 17 heavy (non-hydrogen) atoms. The number of nitrogens with zero attached hydrogens (tertiary/aromatic N) is 1. The van der Waals surface area contributed by atoms with E-state index in [0.717, 1.165) is 5.92 Å². The van der Waals surface area contributed by atoms with Gasteiger partial charge in [0.25, 0.3) is 0 Å². The number of likely N-dealkylation sites (tertiary alicyclic amines) is 1. The van der Waals surface area contributed by atoms with Gasteiger partial charge in [-0.25, -0.2) is 0 Å². The second kappa shape index (κ2) is 5.27. The van der Waals surface area contributed by atoms with Crippen molar-refractivity contribution in [3.63, 3.8) is 0 Å². The molecule has 0 radical (unpaired) electrons. The SMILES string of the molecule is C1CCC(CCN2CCC3(CCNCC3)C2)C1. The third-order valence-corrected chi connectivity index (χ3v) is 5.51. The maximum Gasteiger partial charge on any atom is 0.00394 e. The van der Waals surface area contributed by atoms with Crippen LogP contribution in [-0.2, 0) is 0 Å². The van der Waals surface area contributed by atoms with Crippen molar-refractivity contribution >= 4 is 0 Å². The van der Waals surface area contributed by atoms with E-state index in [1.54, 1.807) is 0 Å². The van der Waals surface area contributed by atoms with E-state index in [9.17, 15) is 0 Å². The van der Waals surface area contributed by atoms with Crippen molar-refractivity contribution in [2.75, 3.05) is 32.7 Å². The first-order chi connectivity index (χ1) is 8.36. The van der Waals surface area contributed by atoms with Gasteiger partial charge in [-0.05, 0) is 63.2 Å². The molecule has 1 saturated carbocycles. The highest BCUT2D eigenvalue weighted by atomic mass is 15.2. The summed E-state index contributed by atoms with van der Waals surface area (Å²) in [6.45, 7) is 6.70. The van der Waals surface area contributed by atoms with Crippen LogP contribution in [-0.4, -0.2) is 37.6 Å². The molecule has 98 valence electrons. The van der Waals surface area contributed by atoms with Crippen LogP contribution in [0.2, 0.25) is 0 Å². The molecule has 0 aromatic carbocycles. The molecule has 0 unspecified atom stereocenters. The lowest BCUT2D eigenvalue weighted by atomic mass is 9.78. The van der Waals surface area contributed by atoms with Crippen molar-refractivity contribution < 1.29 is 0 Å². The summed E-state index contributed by atoms with van der Waals surface area (Å²) in [7, 11) is 0. The minimum atomic E-state index is 0.709. The monoisotopic (exact) mass is 236 g/mol. The second-order valence-electron chi connectivity index (χ2n) is 6.72. The molecule has 2 nitrogen and oxygen atoms in total. The van der Waals surface area contributed by atoms with E-state index in [2.05, 4.69) is 10.2 Å². The Morgan fingerprint density at radius 1 is 1.06 bits per heavy atom. The number of nitrogens with one attached hydrogen (secondary N) is 1. The molecule has 0 aromatic rings. The molecule has 0 amide bonds. The summed E-state index contributed by atoms with van der Waals surface area (Å²) in [6, 6.07) is 0. The van der Waals surface area contributed by atoms with Gasteiger partial charge in [0.2, 0.25) is 0 Å². The van der Waals surface area contributed by atoms with Gasteiger partial charge >= 0.3 is 0 Å². The second-order valence-corrected chi connectivity index (χ2v) is 6.72. The molecular weight excluding hydrogens is 208 g/mol. The third-order valence-electron chi connectivity index (χ3n) is 5.51. The Kier molecular flexibility index (Phi) is 3.72. The van der Waals surface area contributed by atoms with Gasteiger partial charge < -0.3 is 10.2 Å². The van der Waals surface area contributed by atoms with Crippen LogP contribution in [0, 0.1) is 11.3 Å². The summed E-state index contributed by atoms with van der Waals surface area (Å²) in [5.74, 6) is 1.07. The van der Waals surface area contributed by atoms with E-state index >= 15 is 0 Å². The molecule has 2 saturated heterocycles. The van der Waals surface area contributed by atoms with Crippen LogP contribution < -0.4 is 5.32 Å². The molecule has 1 aliphatic carbocycles. The average molecular weight is 236 g/mol. The predicted molar refractivity (Wildman–Crippen MR) is 72.2 cm³/mol. The van der Waals surface area contributed by atoms with Crippen molar-refractivity contribution in [3.8, 4) is 0 Å². The van der Waals surface area contributed by atoms with Crippen LogP contribution in [0.25, 0.3) is 0 Å². The molecule has 3 fully saturated rings. The molecule has 3 rings (SSSR count). The van der Waals surface area contributed by atoms with Gasteiger partial charge in [-0.2, -0.15) is 0 Å². The van der Waals surface area contributed by atoms with Crippen LogP contribution in [0.15, 0.2) is 0 Å². The number of hydrogen-bond donors (Lipinski definition) is 1. The molecule has 0 aromatic heterocycles. The predicted octanol–water partition coefficient (Wildman–Crippen LogP) is 2.64. The van der Waals surface area contributed by atoms with E-state index in [1.807, 2.05) is 0 Å². The summed E-state index contributed by atoms with van der Waals surface area (Å²) in [4.78, 5) is 2.77. The van der Waals surface area contributed by atoms with Crippen molar-refractivity contribution in [1.82, 2.24) is 10.2 Å². The molecule has 1 spiro atoms. The van der Waals surface area contributed by atoms with E-state index in [-0.39, 0.29) is 0 Å². The fourth-order valence-electron chi connectivity index (χ4n) is 4.25. The van der Waals surface area contributed by atoms with Gasteiger partial charge in [-0.15, -0.1) is 0 Å². The Hall–Kier alpha value is -0.0800. The standard InChI is InChI=1S/C15H28N2/c1-2-4-14(3-1)5-11-17-12-8-15(13-17)6-9-16-10-7-15/h14,16H,1-13H2. The van der Waals surface area contributed by atoms with Gasteiger partial charge in [0.1, 0.15) is 0 Å². The van der Waals surface area contributed by atoms with Crippen LogP contribution in [0.3, 0.4) is 0 Å². The maximum atomic E-state index is 3.51. The lowest BCUT2D eigenvalue weighted by Gasteiger charge is -2.34. The Balaban J connectivity index is 1.43. The molecule has 0 bridgehead atoms. The van der Waals surface area contributed by atoms with Gasteiger partial charge in [-0.3, -0.25) is 0 Å². The molecule has 2 heterocycles. The molecule has 2 aliphatic heterocycles. The summed E-state index contributed by atoms with van der Waals surface area (Å²) >= 11 is 0. The molecular formula is C15H28N2. The van der Waals surface area contributed by atoms with Crippen LogP contribution >= 0.6 is 0 Å². The first-order valence-electron chi connectivity index (χ1n) is 7.79. The first kappa shape index (κ1) is 12.0. The zero-order valence-corrected chi connectivity index (χ0v) is 11.2. The van der Waals surface area contributed by atoms with Crippen molar-refractivity contribution in [2.45, 2.75) is 51.4 Å². The lowest BCUT2D eigenvalue weighted by molar-refractivity contribution is 0.192. The Labute approximate surface area is 106 Å². The lowest BCUT2D eigenvalue weighted by Crippen LogP contribution is -2.38. The number of piperidine rings is 1. The topological polar surface area (TPSA) is 15.3 Å². The maximum absolute atomic E-state index is 3.51. The minimum Gasteiger partial charge on any atom is -0.317 e. The van der Waals surface area contributed by atoms with Gasteiger partial charge in [0, 0.05) is 6.54 Å².